The van der Waals surface area contributed by atoms with Gasteiger partial charge in [-0.15, -0.1) is 0 Å². The third kappa shape index (κ3) is 6.22. The van der Waals surface area contributed by atoms with Crippen molar-refractivity contribution in [1.82, 2.24) is 24.1 Å². The van der Waals surface area contributed by atoms with Crippen LogP contribution in [-0.2, 0) is 4.74 Å². The summed E-state index contributed by atoms with van der Waals surface area (Å²) in [6.45, 7) is 8.36. The second-order valence-electron chi connectivity index (χ2n) is 12.8. The number of nitrogens with two attached hydrogens (primary N) is 1. The highest BCUT2D eigenvalue weighted by Crippen LogP contribution is 2.37. The monoisotopic (exact) mass is 644 g/mol. The summed E-state index contributed by atoms with van der Waals surface area (Å²) in [7, 11) is 0. The lowest BCUT2D eigenvalue weighted by atomic mass is 9.93. The molecule has 5 aromatic rings. The van der Waals surface area contributed by atoms with Gasteiger partial charge in [0.05, 0.1) is 5.56 Å². The van der Waals surface area contributed by atoms with E-state index in [1.807, 2.05) is 43.5 Å². The van der Waals surface area contributed by atoms with E-state index in [2.05, 4.69) is 27.5 Å². The Morgan fingerprint density at radius 2 is 1.73 bits per heavy atom. The average Bonchev–Trinajstić information content (AvgIpc) is 3.46. The van der Waals surface area contributed by atoms with Crippen LogP contribution in [0.1, 0.15) is 66.8 Å². The van der Waals surface area contributed by atoms with Crippen molar-refractivity contribution in [1.29, 1.82) is 5.26 Å². The largest absolute Gasteiger partial charge is 0.444 e. The summed E-state index contributed by atoms with van der Waals surface area (Å²) in [5.41, 5.74) is 10.2. The Labute approximate surface area is 277 Å². The summed E-state index contributed by atoms with van der Waals surface area (Å²) in [6.07, 6.45) is 2.59. The van der Waals surface area contributed by atoms with E-state index in [1.165, 1.54) is 17.0 Å². The van der Waals surface area contributed by atoms with Crippen molar-refractivity contribution in [3.8, 4) is 22.9 Å². The van der Waals surface area contributed by atoms with Crippen molar-refractivity contribution < 1.29 is 14.3 Å². The van der Waals surface area contributed by atoms with Crippen LogP contribution in [0, 0.1) is 18.3 Å². The zero-order valence-corrected chi connectivity index (χ0v) is 27.2. The molecule has 1 aliphatic heterocycles. The Balaban J connectivity index is 1.25. The highest BCUT2D eigenvalue weighted by molar-refractivity contribution is 6.04. The quantitative estimate of drug-likeness (QED) is 0.247. The number of anilines is 2. The highest BCUT2D eigenvalue weighted by Gasteiger charge is 2.30. The number of pyridine rings is 1. The van der Waals surface area contributed by atoms with E-state index in [9.17, 15) is 19.6 Å². The van der Waals surface area contributed by atoms with Crippen LogP contribution in [0.3, 0.4) is 0 Å². The number of likely N-dealkylation sites (tertiary alicyclic amines) is 1. The molecule has 1 fully saturated rings. The predicted molar refractivity (Wildman–Crippen MR) is 182 cm³/mol. The number of piperidine rings is 1. The molecule has 3 N–H and O–H groups in total. The van der Waals surface area contributed by atoms with Crippen molar-refractivity contribution in [2.75, 3.05) is 24.1 Å². The fourth-order valence-corrected chi connectivity index (χ4v) is 6.09. The van der Waals surface area contributed by atoms with Crippen molar-refractivity contribution in [2.24, 2.45) is 0 Å². The lowest BCUT2D eigenvalue weighted by Gasteiger charge is -2.33. The molecule has 6 rings (SSSR count). The van der Waals surface area contributed by atoms with Crippen LogP contribution >= 0.6 is 0 Å². The van der Waals surface area contributed by atoms with Crippen molar-refractivity contribution >= 4 is 29.0 Å². The van der Waals surface area contributed by atoms with Gasteiger partial charge in [-0.25, -0.2) is 14.3 Å². The van der Waals surface area contributed by atoms with E-state index in [4.69, 9.17) is 10.5 Å². The number of aromatic nitrogens is 4. The summed E-state index contributed by atoms with van der Waals surface area (Å²) in [6, 6.07) is 21.6. The molecule has 4 heterocycles. The normalized spacial score (nSPS) is 13.7. The number of ether oxygens (including phenoxy) is 1. The fraction of sp³-hybridized carbons (Fsp3) is 0.278. The summed E-state index contributed by atoms with van der Waals surface area (Å²) < 4.78 is 8.76. The molecule has 48 heavy (non-hydrogen) atoms. The van der Waals surface area contributed by atoms with E-state index in [1.54, 1.807) is 48.2 Å². The van der Waals surface area contributed by atoms with Gasteiger partial charge in [0, 0.05) is 47.3 Å². The maximum atomic E-state index is 13.5. The predicted octanol–water partition coefficient (Wildman–Crippen LogP) is 5.68. The van der Waals surface area contributed by atoms with Gasteiger partial charge in [0.25, 0.3) is 11.5 Å². The molecule has 2 amide bonds. The number of fused-ring (bicyclic) bond motifs is 1. The maximum Gasteiger partial charge on any atom is 0.410 e. The molecule has 0 bridgehead atoms. The molecular weight excluding hydrogens is 608 g/mol. The van der Waals surface area contributed by atoms with Gasteiger partial charge in [0.1, 0.15) is 29.1 Å². The average molecular weight is 645 g/mol. The minimum Gasteiger partial charge on any atom is -0.444 e. The molecule has 3 aromatic heterocycles. The highest BCUT2D eigenvalue weighted by atomic mass is 16.6. The Morgan fingerprint density at radius 3 is 2.38 bits per heavy atom. The van der Waals surface area contributed by atoms with Crippen LogP contribution in [0.25, 0.3) is 22.3 Å². The third-order valence-corrected chi connectivity index (χ3v) is 8.46. The zero-order valence-electron chi connectivity index (χ0n) is 27.2. The zero-order chi connectivity index (χ0) is 34.2. The number of nitriles is 1. The molecule has 244 valence electrons. The molecule has 12 heteroatoms. The van der Waals surface area contributed by atoms with Gasteiger partial charge < -0.3 is 20.7 Å². The molecule has 1 saturated heterocycles. The third-order valence-electron chi connectivity index (χ3n) is 8.46. The minimum atomic E-state index is -0.624. The second-order valence-corrected chi connectivity index (χ2v) is 12.8. The Morgan fingerprint density at radius 1 is 1.04 bits per heavy atom. The van der Waals surface area contributed by atoms with Crippen molar-refractivity contribution in [2.45, 2.75) is 52.1 Å². The van der Waals surface area contributed by atoms with Gasteiger partial charge in [-0.2, -0.15) is 10.4 Å². The number of carbonyl (C=O) groups excluding carboxylic acids is 2. The Hall–Kier alpha value is -5.96. The first-order valence-corrected chi connectivity index (χ1v) is 15.7. The molecule has 1 aliphatic rings. The van der Waals surface area contributed by atoms with Gasteiger partial charge in [0.2, 0.25) is 0 Å². The van der Waals surface area contributed by atoms with E-state index >= 15 is 0 Å². The molecule has 0 unspecified atom stereocenters. The lowest BCUT2D eigenvalue weighted by Crippen LogP contribution is -2.41. The minimum absolute atomic E-state index is 0.130. The fourth-order valence-electron chi connectivity index (χ4n) is 6.09. The van der Waals surface area contributed by atoms with Crippen LogP contribution in [0.2, 0.25) is 0 Å². The van der Waals surface area contributed by atoms with E-state index < -0.39 is 17.1 Å². The number of hydrogen-bond acceptors (Lipinski definition) is 8. The molecule has 0 aliphatic carbocycles. The molecule has 0 saturated carbocycles. The van der Waals surface area contributed by atoms with Gasteiger partial charge in [-0.3, -0.25) is 14.2 Å². The number of nitrogens with one attached hydrogen (secondary N) is 1. The Bertz CT molecular complexity index is 2110. The number of nitrogen functional groups attached to an aromatic ring is 1. The molecular formula is C36H36N8O4. The molecule has 0 atom stereocenters. The number of amides is 2. The topological polar surface area (TPSA) is 161 Å². The van der Waals surface area contributed by atoms with Crippen molar-refractivity contribution in [3.63, 3.8) is 0 Å². The lowest BCUT2D eigenvalue weighted by molar-refractivity contribution is 0.0203. The Kier molecular flexibility index (Phi) is 8.45. The smallest absolute Gasteiger partial charge is 0.410 e. The van der Waals surface area contributed by atoms with E-state index in [0.717, 1.165) is 29.7 Å². The summed E-state index contributed by atoms with van der Waals surface area (Å²) in [4.78, 5) is 45.4. The standard InChI is InChI=1S/C36H36N8O4/c1-22-25(20-37)18-29(34(46)43(22)27-8-6-5-7-9-27)33(45)41-26-12-10-23(11-13-26)28-19-30(44-31(28)32(38)39-21-40-44)24-14-16-42(17-15-24)35(47)48-36(2,3)4/h5-13,18-19,21,24H,14-17H2,1-4H3,(H,41,45)(H2,38,39,40). The van der Waals surface area contributed by atoms with Gasteiger partial charge >= 0.3 is 6.09 Å². The number of benzene rings is 2. The summed E-state index contributed by atoms with van der Waals surface area (Å²) in [5.74, 6) is -0.163. The SMILES string of the molecule is Cc1c(C#N)cc(C(=O)Nc2ccc(-c3cc(C4CCN(C(=O)OC(C)(C)C)CC4)n4ncnc(N)c34)cc2)c(=O)n1-c1ccccc1. The number of carbonyl (C=O) groups is 2. The van der Waals surface area contributed by atoms with Crippen LogP contribution in [0.4, 0.5) is 16.3 Å². The first-order valence-electron chi connectivity index (χ1n) is 15.7. The van der Waals surface area contributed by atoms with Crippen LogP contribution in [0.5, 0.6) is 0 Å². The summed E-state index contributed by atoms with van der Waals surface area (Å²) >= 11 is 0. The van der Waals surface area contributed by atoms with Crippen LogP contribution < -0.4 is 16.6 Å². The first-order chi connectivity index (χ1) is 22.9. The molecule has 0 spiro atoms. The number of rotatable bonds is 5. The van der Waals surface area contributed by atoms with Gasteiger partial charge in [-0.05, 0) is 82.5 Å². The molecule has 2 aromatic carbocycles. The van der Waals surface area contributed by atoms with E-state index in [0.29, 0.717) is 41.5 Å². The van der Waals surface area contributed by atoms with Gasteiger partial charge in [0.15, 0.2) is 5.82 Å². The number of hydrogen-bond donors (Lipinski definition) is 2. The second kappa shape index (κ2) is 12.7. The first kappa shape index (κ1) is 32.0. The van der Waals surface area contributed by atoms with E-state index in [-0.39, 0.29) is 23.1 Å². The van der Waals surface area contributed by atoms with Crippen molar-refractivity contribution in [3.05, 3.63) is 106 Å². The summed E-state index contributed by atoms with van der Waals surface area (Å²) in [5, 5.41) is 17.1. The number of para-hydroxylation sites is 1. The number of nitrogens with zero attached hydrogens (tertiary/aromatic N) is 6. The van der Waals surface area contributed by atoms with Gasteiger partial charge in [-0.1, -0.05) is 30.3 Å². The molecule has 12 nitrogen and oxygen atoms in total. The molecule has 0 radical (unpaired) electrons. The van der Waals surface area contributed by atoms with Crippen LogP contribution in [-0.4, -0.2) is 54.8 Å². The maximum absolute atomic E-state index is 13.5. The van der Waals surface area contributed by atoms with Crippen LogP contribution in [0.15, 0.2) is 77.9 Å².